The lowest BCUT2D eigenvalue weighted by Gasteiger charge is -2.27. The first kappa shape index (κ1) is 8.02. The molecule has 1 aliphatic heterocycles. The maximum atomic E-state index is 5.57. The number of likely N-dealkylation sites (N-methyl/N-ethyl adjacent to an activating group) is 1. The van der Waals surface area contributed by atoms with Crippen molar-refractivity contribution >= 4 is 0 Å². The molecule has 0 unspecified atom stereocenters. The van der Waals surface area contributed by atoms with Gasteiger partial charge >= 0.3 is 0 Å². The molecule has 2 nitrogen and oxygen atoms in total. The van der Waals surface area contributed by atoms with E-state index in [9.17, 15) is 0 Å². The van der Waals surface area contributed by atoms with Crippen LogP contribution in [0.5, 0.6) is 0 Å². The van der Waals surface area contributed by atoms with Crippen molar-refractivity contribution in [3.05, 3.63) is 0 Å². The van der Waals surface area contributed by atoms with Crippen LogP contribution in [0.1, 0.15) is 26.2 Å². The Labute approximate surface area is 63.0 Å². The molecule has 0 aromatic rings. The predicted molar refractivity (Wildman–Crippen MR) is 42.1 cm³/mol. The van der Waals surface area contributed by atoms with Crippen LogP contribution in [0, 0.1) is 0 Å². The minimum atomic E-state index is 0.457. The van der Waals surface area contributed by atoms with E-state index in [0.29, 0.717) is 12.1 Å². The highest BCUT2D eigenvalue weighted by Gasteiger charge is 2.18. The summed E-state index contributed by atoms with van der Waals surface area (Å²) < 4.78 is 5.57. The minimum Gasteiger partial charge on any atom is -0.377 e. The first-order valence-corrected chi connectivity index (χ1v) is 4.13. The highest BCUT2D eigenvalue weighted by atomic mass is 16.5. The van der Waals surface area contributed by atoms with Crippen LogP contribution in [0.4, 0.5) is 0 Å². The third-order valence-electron chi connectivity index (χ3n) is 2.23. The Morgan fingerprint density at radius 1 is 1.50 bits per heavy atom. The van der Waals surface area contributed by atoms with E-state index < -0.39 is 0 Å². The Bertz CT molecular complexity index is 89.3. The Morgan fingerprint density at radius 3 is 2.80 bits per heavy atom. The second kappa shape index (κ2) is 3.94. The summed E-state index contributed by atoms with van der Waals surface area (Å²) in [6.07, 6.45) is 4.25. The fourth-order valence-electron chi connectivity index (χ4n) is 1.35. The normalized spacial score (nSPS) is 30.0. The van der Waals surface area contributed by atoms with Crippen LogP contribution >= 0.6 is 0 Å². The highest BCUT2D eigenvalue weighted by Crippen LogP contribution is 2.14. The summed E-state index contributed by atoms with van der Waals surface area (Å²) in [7, 11) is 1.99. The second-order valence-electron chi connectivity index (χ2n) is 2.98. The molecule has 60 valence electrons. The molecule has 2 atom stereocenters. The van der Waals surface area contributed by atoms with Gasteiger partial charge in [-0.2, -0.15) is 0 Å². The lowest BCUT2D eigenvalue weighted by Crippen LogP contribution is -2.38. The Balaban J connectivity index is 2.24. The van der Waals surface area contributed by atoms with E-state index in [-0.39, 0.29) is 0 Å². The molecule has 1 rings (SSSR count). The van der Waals surface area contributed by atoms with Crippen molar-refractivity contribution < 1.29 is 4.74 Å². The summed E-state index contributed by atoms with van der Waals surface area (Å²) in [6.45, 7) is 3.13. The third-order valence-corrected chi connectivity index (χ3v) is 2.23. The highest BCUT2D eigenvalue weighted by molar-refractivity contribution is 4.73. The van der Waals surface area contributed by atoms with Gasteiger partial charge < -0.3 is 10.1 Å². The van der Waals surface area contributed by atoms with Crippen molar-refractivity contribution in [2.75, 3.05) is 13.7 Å². The van der Waals surface area contributed by atoms with Crippen LogP contribution in [-0.2, 0) is 4.74 Å². The van der Waals surface area contributed by atoms with Gasteiger partial charge in [-0.1, -0.05) is 0 Å². The first-order valence-electron chi connectivity index (χ1n) is 4.13. The Hall–Kier alpha value is -0.0800. The van der Waals surface area contributed by atoms with Gasteiger partial charge in [0.2, 0.25) is 0 Å². The van der Waals surface area contributed by atoms with Crippen molar-refractivity contribution in [2.24, 2.45) is 0 Å². The molecule has 10 heavy (non-hydrogen) atoms. The van der Waals surface area contributed by atoms with Crippen molar-refractivity contribution in [3.8, 4) is 0 Å². The summed E-state index contributed by atoms with van der Waals surface area (Å²) in [6, 6.07) is 0.514. The van der Waals surface area contributed by atoms with Crippen molar-refractivity contribution in [1.29, 1.82) is 0 Å². The monoisotopic (exact) mass is 143 g/mol. The largest absolute Gasteiger partial charge is 0.377 e. The molecule has 0 amide bonds. The van der Waals surface area contributed by atoms with Crippen LogP contribution in [0.15, 0.2) is 0 Å². The molecular weight excluding hydrogens is 126 g/mol. The zero-order chi connectivity index (χ0) is 7.40. The lowest BCUT2D eigenvalue weighted by atomic mass is 10.0. The van der Waals surface area contributed by atoms with E-state index in [1.54, 1.807) is 0 Å². The van der Waals surface area contributed by atoms with Crippen molar-refractivity contribution in [3.63, 3.8) is 0 Å². The lowest BCUT2D eigenvalue weighted by molar-refractivity contribution is -0.00209. The molecule has 0 bridgehead atoms. The molecule has 0 saturated carbocycles. The Morgan fingerprint density at radius 2 is 2.30 bits per heavy atom. The number of nitrogens with one attached hydrogen (secondary N) is 1. The average molecular weight is 143 g/mol. The van der Waals surface area contributed by atoms with Crippen LogP contribution < -0.4 is 5.32 Å². The quantitative estimate of drug-likeness (QED) is 0.626. The van der Waals surface area contributed by atoms with Gasteiger partial charge in [-0.15, -0.1) is 0 Å². The molecule has 1 heterocycles. The second-order valence-corrected chi connectivity index (χ2v) is 2.98. The summed E-state index contributed by atoms with van der Waals surface area (Å²) in [4.78, 5) is 0. The molecule has 1 saturated heterocycles. The SMILES string of the molecule is CN[C@H](C)[C@@H]1CCCCO1. The van der Waals surface area contributed by atoms with E-state index >= 15 is 0 Å². The van der Waals surface area contributed by atoms with E-state index in [4.69, 9.17) is 4.74 Å². The standard InChI is InChI=1S/C8H17NO/c1-7(9-2)8-5-3-4-6-10-8/h7-9H,3-6H2,1-2H3/t7-,8+/m1/s1. The van der Waals surface area contributed by atoms with Crippen LogP contribution in [-0.4, -0.2) is 25.8 Å². The maximum Gasteiger partial charge on any atom is 0.0725 e. The van der Waals surface area contributed by atoms with Crippen LogP contribution in [0.2, 0.25) is 0 Å². The van der Waals surface area contributed by atoms with Gasteiger partial charge in [0.25, 0.3) is 0 Å². The number of hydrogen-bond donors (Lipinski definition) is 1. The number of rotatable bonds is 2. The Kier molecular flexibility index (Phi) is 3.16. The van der Waals surface area contributed by atoms with Gasteiger partial charge in [-0.3, -0.25) is 0 Å². The predicted octanol–water partition coefficient (Wildman–Crippen LogP) is 1.16. The summed E-state index contributed by atoms with van der Waals surface area (Å²) >= 11 is 0. The molecule has 0 aromatic carbocycles. The molecule has 0 aliphatic carbocycles. The molecule has 1 N–H and O–H groups in total. The van der Waals surface area contributed by atoms with Crippen molar-refractivity contribution in [2.45, 2.75) is 38.3 Å². The molecule has 1 aliphatic rings. The smallest absolute Gasteiger partial charge is 0.0725 e. The molecular formula is C8H17NO. The molecule has 1 fully saturated rings. The fourth-order valence-corrected chi connectivity index (χ4v) is 1.35. The van der Waals surface area contributed by atoms with Gasteiger partial charge in [0.15, 0.2) is 0 Å². The van der Waals surface area contributed by atoms with Crippen molar-refractivity contribution in [1.82, 2.24) is 5.32 Å². The van der Waals surface area contributed by atoms with E-state index in [0.717, 1.165) is 6.61 Å². The minimum absolute atomic E-state index is 0.457. The van der Waals surface area contributed by atoms with Gasteiger partial charge in [-0.05, 0) is 33.2 Å². The van der Waals surface area contributed by atoms with Crippen LogP contribution in [0.25, 0.3) is 0 Å². The summed E-state index contributed by atoms with van der Waals surface area (Å²) in [5, 5.41) is 3.21. The summed E-state index contributed by atoms with van der Waals surface area (Å²) in [5.74, 6) is 0. The number of hydrogen-bond acceptors (Lipinski definition) is 2. The molecule has 0 spiro atoms. The van der Waals surface area contributed by atoms with Gasteiger partial charge in [0.1, 0.15) is 0 Å². The van der Waals surface area contributed by atoms with Gasteiger partial charge in [0, 0.05) is 12.6 Å². The van der Waals surface area contributed by atoms with E-state index in [2.05, 4.69) is 12.2 Å². The fraction of sp³-hybridized carbons (Fsp3) is 1.00. The first-order chi connectivity index (χ1) is 4.84. The van der Waals surface area contributed by atoms with E-state index in [1.165, 1.54) is 19.3 Å². The topological polar surface area (TPSA) is 21.3 Å². The zero-order valence-electron chi connectivity index (χ0n) is 6.89. The molecule has 0 aromatic heterocycles. The molecule has 2 heteroatoms. The third kappa shape index (κ3) is 1.96. The van der Waals surface area contributed by atoms with Gasteiger partial charge in [-0.25, -0.2) is 0 Å². The zero-order valence-corrected chi connectivity index (χ0v) is 6.89. The van der Waals surface area contributed by atoms with Crippen LogP contribution in [0.3, 0.4) is 0 Å². The average Bonchev–Trinajstić information content (AvgIpc) is 2.05. The molecule has 0 radical (unpaired) electrons. The van der Waals surface area contributed by atoms with Gasteiger partial charge in [0.05, 0.1) is 6.10 Å². The number of ether oxygens (including phenoxy) is 1. The maximum absolute atomic E-state index is 5.57. The van der Waals surface area contributed by atoms with E-state index in [1.807, 2.05) is 7.05 Å². The summed E-state index contributed by atoms with van der Waals surface area (Å²) in [5.41, 5.74) is 0.